The highest BCUT2D eigenvalue weighted by molar-refractivity contribution is 5.64. The molecule has 0 aromatic heterocycles. The Kier molecular flexibility index (Phi) is 7.88. The molecule has 0 amide bonds. The van der Waals surface area contributed by atoms with Crippen LogP contribution in [0.15, 0.2) is 78.3 Å². The molecule has 0 bridgehead atoms. The van der Waals surface area contributed by atoms with Gasteiger partial charge in [-0.15, -0.1) is 0 Å². The summed E-state index contributed by atoms with van der Waals surface area (Å²) in [6.45, 7) is 6.75. The first-order chi connectivity index (χ1) is 14.2. The van der Waals surface area contributed by atoms with Crippen LogP contribution in [-0.2, 0) is 4.74 Å². The first kappa shape index (κ1) is 21.1. The van der Waals surface area contributed by atoms with Crippen LogP contribution in [0.3, 0.4) is 0 Å². The summed E-state index contributed by atoms with van der Waals surface area (Å²) in [6, 6.07) is 7.94. The second-order valence-electron chi connectivity index (χ2n) is 7.35. The molecule has 1 fully saturated rings. The third-order valence-electron chi connectivity index (χ3n) is 5.07. The Morgan fingerprint density at radius 2 is 1.90 bits per heavy atom. The maximum Gasteiger partial charge on any atom is 0.119 e. The van der Waals surface area contributed by atoms with E-state index in [2.05, 4.69) is 49.0 Å². The van der Waals surface area contributed by atoms with Crippen LogP contribution in [0.1, 0.15) is 38.2 Å². The molecule has 0 atom stereocenters. The second-order valence-corrected chi connectivity index (χ2v) is 7.35. The van der Waals surface area contributed by atoms with Crippen LogP contribution in [-0.4, -0.2) is 31.4 Å². The number of hydrogen-bond donors (Lipinski definition) is 0. The van der Waals surface area contributed by atoms with E-state index < -0.39 is 6.67 Å². The summed E-state index contributed by atoms with van der Waals surface area (Å²) < 4.78 is 22.6. The average molecular weight is 396 g/mol. The maximum atomic E-state index is 12.0. The number of hydrogen-bond acceptors (Lipinski definition) is 3. The SMILES string of the molecule is C=C1C=C(C=C2CCCC2)C=CN1/C=C(\C)c1ccc(OCCOCCF)cc1. The molecule has 4 heteroatoms. The average Bonchev–Trinajstić information content (AvgIpc) is 3.23. The Labute approximate surface area is 173 Å². The van der Waals surface area contributed by atoms with Crippen LogP contribution in [0, 0.1) is 0 Å². The fraction of sp³-hybridized carbons (Fsp3) is 0.360. The quantitative estimate of drug-likeness (QED) is 0.466. The largest absolute Gasteiger partial charge is 0.491 e. The van der Waals surface area contributed by atoms with E-state index in [-0.39, 0.29) is 6.61 Å². The van der Waals surface area contributed by atoms with Crippen LogP contribution in [0.2, 0.25) is 0 Å². The first-order valence-electron chi connectivity index (χ1n) is 10.3. The minimum atomic E-state index is -0.465. The molecule has 29 heavy (non-hydrogen) atoms. The van der Waals surface area contributed by atoms with Crippen molar-refractivity contribution in [3.05, 3.63) is 83.9 Å². The van der Waals surface area contributed by atoms with Gasteiger partial charge in [-0.1, -0.05) is 30.4 Å². The Hall–Kier alpha value is -2.59. The highest BCUT2D eigenvalue weighted by Gasteiger charge is 2.10. The molecule has 2 aliphatic rings. The van der Waals surface area contributed by atoms with Gasteiger partial charge in [0.2, 0.25) is 0 Å². The minimum absolute atomic E-state index is 0.122. The van der Waals surface area contributed by atoms with Gasteiger partial charge in [0.25, 0.3) is 0 Å². The molecule has 0 spiro atoms. The van der Waals surface area contributed by atoms with Gasteiger partial charge in [0, 0.05) is 18.1 Å². The summed E-state index contributed by atoms with van der Waals surface area (Å²) in [5.74, 6) is 0.778. The standard InChI is InChI=1S/C25H30FNO2/c1-20(24-7-9-25(10-8-24)29-16-15-28-14-12-26)19-27-13-11-23(17-21(27)2)18-22-5-3-4-6-22/h7-11,13,17-19H,2-6,12,14-16H2,1H3/b20-19+. The minimum Gasteiger partial charge on any atom is -0.491 e. The van der Waals surface area contributed by atoms with Crippen LogP contribution < -0.4 is 4.74 Å². The summed E-state index contributed by atoms with van der Waals surface area (Å²) in [5.41, 5.74) is 6.00. The van der Waals surface area contributed by atoms with Crippen molar-refractivity contribution in [3.63, 3.8) is 0 Å². The van der Waals surface area contributed by atoms with Gasteiger partial charge in [0.1, 0.15) is 19.0 Å². The molecule has 1 heterocycles. The first-order valence-corrected chi connectivity index (χ1v) is 10.3. The Balaban J connectivity index is 1.55. The zero-order valence-electron chi connectivity index (χ0n) is 17.2. The van der Waals surface area contributed by atoms with Gasteiger partial charge in [-0.05, 0) is 73.6 Å². The Bertz CT molecular complexity index is 810. The number of alkyl halides is 1. The van der Waals surface area contributed by atoms with Gasteiger partial charge < -0.3 is 14.4 Å². The summed E-state index contributed by atoms with van der Waals surface area (Å²) in [7, 11) is 0. The lowest BCUT2D eigenvalue weighted by atomic mass is 10.1. The molecular formula is C25H30FNO2. The molecule has 3 nitrogen and oxygen atoms in total. The Morgan fingerprint density at radius 1 is 1.14 bits per heavy atom. The van der Waals surface area contributed by atoms with E-state index in [1.54, 1.807) is 5.57 Å². The molecule has 0 radical (unpaired) electrons. The van der Waals surface area contributed by atoms with Gasteiger partial charge in [0.05, 0.1) is 13.2 Å². The fourth-order valence-electron chi connectivity index (χ4n) is 3.47. The van der Waals surface area contributed by atoms with Crippen molar-refractivity contribution in [1.82, 2.24) is 4.90 Å². The number of allylic oxidation sites excluding steroid dienone is 6. The lowest BCUT2D eigenvalue weighted by molar-refractivity contribution is 0.0897. The number of halogens is 1. The van der Waals surface area contributed by atoms with E-state index in [1.807, 2.05) is 24.3 Å². The lowest BCUT2D eigenvalue weighted by Crippen LogP contribution is -2.10. The van der Waals surface area contributed by atoms with Crippen molar-refractivity contribution in [3.8, 4) is 5.75 Å². The van der Waals surface area contributed by atoms with Crippen LogP contribution in [0.4, 0.5) is 4.39 Å². The number of rotatable bonds is 9. The van der Waals surface area contributed by atoms with Crippen LogP contribution >= 0.6 is 0 Å². The smallest absolute Gasteiger partial charge is 0.119 e. The van der Waals surface area contributed by atoms with Gasteiger partial charge in [-0.3, -0.25) is 0 Å². The molecule has 0 unspecified atom stereocenters. The van der Waals surface area contributed by atoms with E-state index in [9.17, 15) is 4.39 Å². The van der Waals surface area contributed by atoms with E-state index in [0.29, 0.717) is 13.2 Å². The van der Waals surface area contributed by atoms with Crippen molar-refractivity contribution in [2.45, 2.75) is 32.6 Å². The van der Waals surface area contributed by atoms with Gasteiger partial charge in [-0.2, -0.15) is 0 Å². The third kappa shape index (κ3) is 6.47. The maximum absolute atomic E-state index is 12.0. The van der Waals surface area contributed by atoms with Crippen molar-refractivity contribution < 1.29 is 13.9 Å². The summed E-state index contributed by atoms with van der Waals surface area (Å²) in [5, 5.41) is 0. The normalized spacial score (nSPS) is 17.0. The van der Waals surface area contributed by atoms with Gasteiger partial charge in [0.15, 0.2) is 0 Å². The second kappa shape index (κ2) is 10.8. The molecule has 1 aliphatic heterocycles. The van der Waals surface area contributed by atoms with Crippen molar-refractivity contribution in [2.24, 2.45) is 0 Å². The molecule has 154 valence electrons. The predicted octanol–water partition coefficient (Wildman–Crippen LogP) is 6.18. The molecule has 1 saturated carbocycles. The fourth-order valence-corrected chi connectivity index (χ4v) is 3.47. The molecule has 3 rings (SSSR count). The summed E-state index contributed by atoms with van der Waals surface area (Å²) >= 11 is 0. The molecule has 0 N–H and O–H groups in total. The molecule has 0 saturated heterocycles. The number of ether oxygens (including phenoxy) is 2. The van der Waals surface area contributed by atoms with Gasteiger partial charge >= 0.3 is 0 Å². The molecular weight excluding hydrogens is 365 g/mol. The van der Waals surface area contributed by atoms with Crippen molar-refractivity contribution >= 4 is 5.57 Å². The molecule has 1 aliphatic carbocycles. The van der Waals surface area contributed by atoms with Crippen LogP contribution in [0.5, 0.6) is 5.75 Å². The monoisotopic (exact) mass is 395 g/mol. The zero-order chi connectivity index (χ0) is 20.5. The molecule has 1 aromatic carbocycles. The van der Waals surface area contributed by atoms with E-state index >= 15 is 0 Å². The van der Waals surface area contributed by atoms with Crippen molar-refractivity contribution in [2.75, 3.05) is 26.5 Å². The third-order valence-corrected chi connectivity index (χ3v) is 5.07. The van der Waals surface area contributed by atoms with Crippen LogP contribution in [0.25, 0.3) is 5.57 Å². The predicted molar refractivity (Wildman–Crippen MR) is 117 cm³/mol. The summed E-state index contributed by atoms with van der Waals surface area (Å²) in [6.07, 6.45) is 15.8. The number of nitrogens with zero attached hydrogens (tertiary/aromatic N) is 1. The number of benzene rings is 1. The molecule has 1 aromatic rings. The van der Waals surface area contributed by atoms with Crippen molar-refractivity contribution in [1.29, 1.82) is 0 Å². The topological polar surface area (TPSA) is 21.7 Å². The van der Waals surface area contributed by atoms with E-state index in [4.69, 9.17) is 9.47 Å². The highest BCUT2D eigenvalue weighted by Crippen LogP contribution is 2.28. The van der Waals surface area contributed by atoms with E-state index in [1.165, 1.54) is 31.3 Å². The zero-order valence-corrected chi connectivity index (χ0v) is 17.2. The highest BCUT2D eigenvalue weighted by atomic mass is 19.1. The summed E-state index contributed by atoms with van der Waals surface area (Å²) in [4.78, 5) is 2.05. The lowest BCUT2D eigenvalue weighted by Gasteiger charge is -2.21. The van der Waals surface area contributed by atoms with E-state index in [0.717, 1.165) is 22.6 Å². The Morgan fingerprint density at radius 3 is 2.59 bits per heavy atom. The van der Waals surface area contributed by atoms with Gasteiger partial charge in [-0.25, -0.2) is 4.39 Å².